The van der Waals surface area contributed by atoms with Crippen LogP contribution in [0.2, 0.25) is 0 Å². The molecule has 78 valence electrons. The molecule has 0 spiro atoms. The average molecular weight is 192 g/mol. The van der Waals surface area contributed by atoms with Crippen LogP contribution >= 0.6 is 0 Å². The number of ketones is 1. The van der Waals surface area contributed by atoms with Crippen molar-refractivity contribution in [1.29, 1.82) is 0 Å². The summed E-state index contributed by atoms with van der Waals surface area (Å²) in [4.78, 5) is 10.8. The highest BCUT2D eigenvalue weighted by Crippen LogP contribution is 2.11. The molecule has 0 aliphatic rings. The van der Waals surface area contributed by atoms with Crippen molar-refractivity contribution in [2.24, 2.45) is 5.92 Å². The van der Waals surface area contributed by atoms with Crippen LogP contribution in [0, 0.1) is 5.92 Å². The number of carbonyl (C=O) groups is 1. The summed E-state index contributed by atoms with van der Waals surface area (Å²) in [7, 11) is 0. The highest BCUT2D eigenvalue weighted by molar-refractivity contribution is 5.95. The number of Topliss-reactive ketones (excluding diaryl/α,β-unsaturated/α-hetero) is 1. The summed E-state index contributed by atoms with van der Waals surface area (Å²) in [6, 6.07) is 0. The predicted molar refractivity (Wildman–Crippen MR) is 62.2 cm³/mol. The zero-order chi connectivity index (χ0) is 11.1. The van der Waals surface area contributed by atoms with Gasteiger partial charge in [-0.1, -0.05) is 44.7 Å². The van der Waals surface area contributed by atoms with Gasteiger partial charge in [0.15, 0.2) is 5.78 Å². The molecule has 1 nitrogen and oxygen atoms in total. The minimum atomic E-state index is 0.0120. The van der Waals surface area contributed by atoms with Crippen LogP contribution in [0.5, 0.6) is 0 Å². The molecule has 1 heteroatoms. The van der Waals surface area contributed by atoms with E-state index in [1.54, 1.807) is 6.08 Å². The smallest absolute Gasteiger partial charge is 0.159 e. The largest absolute Gasteiger partial charge is 0.295 e. The highest BCUT2D eigenvalue weighted by Gasteiger charge is 1.97. The number of hydrogen-bond acceptors (Lipinski definition) is 1. The van der Waals surface area contributed by atoms with E-state index in [1.807, 2.05) is 6.08 Å². The molecule has 14 heavy (non-hydrogen) atoms. The maximum atomic E-state index is 10.8. The second-order valence-electron chi connectivity index (χ2n) is 4.01. The van der Waals surface area contributed by atoms with E-state index < -0.39 is 0 Å². The second-order valence-corrected chi connectivity index (χ2v) is 4.01. The molecule has 0 aromatic carbocycles. The molecule has 0 aliphatic heterocycles. The Kier molecular flexibility index (Phi) is 5.86. The summed E-state index contributed by atoms with van der Waals surface area (Å²) in [5.74, 6) is 0.703. The minimum Gasteiger partial charge on any atom is -0.295 e. The number of hydrogen-bond donors (Lipinski definition) is 0. The van der Waals surface area contributed by atoms with Crippen LogP contribution in [-0.4, -0.2) is 5.78 Å². The Morgan fingerprint density at radius 2 is 1.86 bits per heavy atom. The zero-order valence-electron chi connectivity index (χ0n) is 9.47. The Balaban J connectivity index is 3.94. The molecule has 0 heterocycles. The van der Waals surface area contributed by atoms with Gasteiger partial charge in [0.25, 0.3) is 0 Å². The van der Waals surface area contributed by atoms with Crippen molar-refractivity contribution in [3.8, 4) is 0 Å². The van der Waals surface area contributed by atoms with Gasteiger partial charge in [-0.05, 0) is 25.7 Å². The van der Waals surface area contributed by atoms with Gasteiger partial charge in [-0.2, -0.15) is 0 Å². The van der Waals surface area contributed by atoms with Crippen LogP contribution in [0.4, 0.5) is 0 Å². The molecule has 0 rings (SSSR count). The van der Waals surface area contributed by atoms with E-state index >= 15 is 0 Å². The number of carbonyl (C=O) groups excluding carboxylic acids is 1. The lowest BCUT2D eigenvalue weighted by atomic mass is 10.0. The van der Waals surface area contributed by atoms with Gasteiger partial charge in [-0.3, -0.25) is 4.79 Å². The van der Waals surface area contributed by atoms with E-state index in [0.717, 1.165) is 18.4 Å². The van der Waals surface area contributed by atoms with Crippen molar-refractivity contribution in [1.82, 2.24) is 0 Å². The van der Waals surface area contributed by atoms with Crippen molar-refractivity contribution in [3.63, 3.8) is 0 Å². The second kappa shape index (κ2) is 6.36. The van der Waals surface area contributed by atoms with Crippen LogP contribution in [0.1, 0.15) is 33.6 Å². The standard InChI is InChI=1S/C13H20O/c1-10(2)6-7-11(3)8-9-12(4)13(5)14/h8-10H,3-4,6-7H2,1-2,5H3/b9-8-. The summed E-state index contributed by atoms with van der Waals surface area (Å²) >= 11 is 0. The average Bonchev–Trinajstić information content (AvgIpc) is 2.10. The van der Waals surface area contributed by atoms with E-state index in [9.17, 15) is 4.79 Å². The first-order chi connectivity index (χ1) is 6.43. The Morgan fingerprint density at radius 1 is 1.29 bits per heavy atom. The Morgan fingerprint density at radius 3 is 2.29 bits per heavy atom. The summed E-state index contributed by atoms with van der Waals surface area (Å²) in [5.41, 5.74) is 1.59. The van der Waals surface area contributed by atoms with Gasteiger partial charge in [0.1, 0.15) is 0 Å². The van der Waals surface area contributed by atoms with Crippen LogP contribution in [-0.2, 0) is 4.79 Å². The quantitative estimate of drug-likeness (QED) is 0.463. The van der Waals surface area contributed by atoms with Crippen LogP contribution in [0.15, 0.2) is 36.5 Å². The third kappa shape index (κ3) is 6.41. The first-order valence-electron chi connectivity index (χ1n) is 4.99. The van der Waals surface area contributed by atoms with Gasteiger partial charge < -0.3 is 0 Å². The molecule has 0 fully saturated rings. The molecule has 0 saturated heterocycles. The van der Waals surface area contributed by atoms with Crippen molar-refractivity contribution < 1.29 is 4.79 Å². The maximum Gasteiger partial charge on any atom is 0.159 e. The van der Waals surface area contributed by atoms with Crippen LogP contribution in [0.3, 0.4) is 0 Å². The lowest BCUT2D eigenvalue weighted by Gasteiger charge is -2.03. The lowest BCUT2D eigenvalue weighted by molar-refractivity contribution is -0.113. The predicted octanol–water partition coefficient (Wildman–Crippen LogP) is 3.68. The Labute approximate surface area is 87.2 Å². The van der Waals surface area contributed by atoms with E-state index in [2.05, 4.69) is 27.0 Å². The van der Waals surface area contributed by atoms with Gasteiger partial charge in [0.2, 0.25) is 0 Å². The summed E-state index contributed by atoms with van der Waals surface area (Å²) in [5, 5.41) is 0. The summed E-state index contributed by atoms with van der Waals surface area (Å²) in [6.45, 7) is 13.5. The van der Waals surface area contributed by atoms with Crippen molar-refractivity contribution in [2.75, 3.05) is 0 Å². The van der Waals surface area contributed by atoms with Gasteiger partial charge >= 0.3 is 0 Å². The zero-order valence-corrected chi connectivity index (χ0v) is 9.47. The van der Waals surface area contributed by atoms with E-state index in [4.69, 9.17) is 0 Å². The fourth-order valence-electron chi connectivity index (χ4n) is 0.893. The van der Waals surface area contributed by atoms with E-state index in [1.165, 1.54) is 6.92 Å². The first kappa shape index (κ1) is 12.9. The molecule has 0 aromatic rings. The van der Waals surface area contributed by atoms with Gasteiger partial charge in [-0.25, -0.2) is 0 Å². The van der Waals surface area contributed by atoms with Crippen molar-refractivity contribution in [3.05, 3.63) is 36.5 Å². The Hall–Kier alpha value is -1.11. The molecule has 0 unspecified atom stereocenters. The SMILES string of the molecule is C=C(/C=C\C(=C)C(C)=O)CCC(C)C. The minimum absolute atomic E-state index is 0.0120. The van der Waals surface area contributed by atoms with Gasteiger partial charge in [-0.15, -0.1) is 0 Å². The molecule has 0 atom stereocenters. The number of allylic oxidation sites excluding steroid dienone is 4. The van der Waals surface area contributed by atoms with Crippen LogP contribution < -0.4 is 0 Å². The fraction of sp³-hybridized carbons (Fsp3) is 0.462. The van der Waals surface area contributed by atoms with E-state index in [-0.39, 0.29) is 5.78 Å². The lowest BCUT2D eigenvalue weighted by Crippen LogP contribution is -1.91. The molecule has 0 radical (unpaired) electrons. The normalized spacial score (nSPS) is 10.9. The van der Waals surface area contributed by atoms with Crippen molar-refractivity contribution >= 4 is 5.78 Å². The van der Waals surface area contributed by atoms with Gasteiger partial charge in [0, 0.05) is 5.57 Å². The van der Waals surface area contributed by atoms with E-state index in [0.29, 0.717) is 11.5 Å². The third-order valence-corrected chi connectivity index (χ3v) is 2.02. The number of rotatable bonds is 6. The summed E-state index contributed by atoms with van der Waals surface area (Å²) in [6.07, 6.45) is 5.74. The molecule has 0 aromatic heterocycles. The summed E-state index contributed by atoms with van der Waals surface area (Å²) < 4.78 is 0. The molecule has 0 saturated carbocycles. The maximum absolute atomic E-state index is 10.8. The third-order valence-electron chi connectivity index (χ3n) is 2.02. The molecule has 0 N–H and O–H groups in total. The first-order valence-corrected chi connectivity index (χ1v) is 4.99. The Bertz CT molecular complexity index is 256. The fourth-order valence-corrected chi connectivity index (χ4v) is 0.893. The molecular weight excluding hydrogens is 172 g/mol. The van der Waals surface area contributed by atoms with Crippen molar-refractivity contribution in [2.45, 2.75) is 33.6 Å². The molecule has 0 bridgehead atoms. The molecule has 0 aliphatic carbocycles. The topological polar surface area (TPSA) is 17.1 Å². The van der Waals surface area contributed by atoms with Gasteiger partial charge in [0.05, 0.1) is 0 Å². The van der Waals surface area contributed by atoms with Crippen LogP contribution in [0.25, 0.3) is 0 Å². The molecule has 0 amide bonds. The highest BCUT2D eigenvalue weighted by atomic mass is 16.1. The molecular formula is C13H20O. The monoisotopic (exact) mass is 192 g/mol.